The zero-order valence-electron chi connectivity index (χ0n) is 12.2. The molecule has 116 valence electrons. The molecular weight excluding hydrogens is 292 g/mol. The third-order valence-electron chi connectivity index (χ3n) is 3.74. The smallest absolute Gasteiger partial charge is 0.256 e. The summed E-state index contributed by atoms with van der Waals surface area (Å²) in [7, 11) is -1.52. The van der Waals surface area contributed by atoms with Crippen molar-refractivity contribution in [2.75, 3.05) is 30.9 Å². The Balaban J connectivity index is 2.29. The summed E-state index contributed by atoms with van der Waals surface area (Å²) >= 11 is 0. The van der Waals surface area contributed by atoms with Crippen LogP contribution in [0.4, 0.5) is 5.69 Å². The van der Waals surface area contributed by atoms with E-state index in [2.05, 4.69) is 0 Å². The number of hydrogen-bond acceptors (Lipinski definition) is 5. The molecule has 2 N–H and O–H groups in total. The molecule has 0 spiro atoms. The van der Waals surface area contributed by atoms with Crippen LogP contribution in [0.3, 0.4) is 0 Å². The van der Waals surface area contributed by atoms with Crippen molar-refractivity contribution >= 4 is 21.4 Å². The van der Waals surface area contributed by atoms with E-state index in [-0.39, 0.29) is 23.5 Å². The van der Waals surface area contributed by atoms with E-state index in [1.165, 1.54) is 7.11 Å². The van der Waals surface area contributed by atoms with Gasteiger partial charge in [-0.15, -0.1) is 0 Å². The minimum absolute atomic E-state index is 0.0243. The Labute approximate surface area is 124 Å². The van der Waals surface area contributed by atoms with Gasteiger partial charge < -0.3 is 15.4 Å². The Bertz CT molecular complexity index is 642. The molecule has 1 aliphatic heterocycles. The summed E-state index contributed by atoms with van der Waals surface area (Å²) in [5.74, 6) is 0.449. The van der Waals surface area contributed by atoms with E-state index in [1.807, 2.05) is 6.92 Å². The van der Waals surface area contributed by atoms with Gasteiger partial charge >= 0.3 is 0 Å². The van der Waals surface area contributed by atoms with Gasteiger partial charge in [0.05, 0.1) is 24.2 Å². The zero-order valence-corrected chi connectivity index (χ0v) is 13.0. The molecule has 1 fully saturated rings. The first kappa shape index (κ1) is 15.6. The molecule has 21 heavy (non-hydrogen) atoms. The number of amides is 1. The van der Waals surface area contributed by atoms with Crippen LogP contribution >= 0.6 is 0 Å². The zero-order chi connectivity index (χ0) is 15.6. The molecule has 0 saturated carbocycles. The van der Waals surface area contributed by atoms with Crippen LogP contribution in [0.1, 0.15) is 23.7 Å². The highest BCUT2D eigenvalue weighted by molar-refractivity contribution is 7.91. The molecule has 1 atom stereocenters. The second kappa shape index (κ2) is 5.93. The highest BCUT2D eigenvalue weighted by atomic mass is 32.2. The SMILES string of the molecule is CCN(C(=O)c1cc(OC)ccc1N)C1CCS(=O)(=O)C1. The average Bonchev–Trinajstić information content (AvgIpc) is 2.80. The van der Waals surface area contributed by atoms with Crippen molar-refractivity contribution < 1.29 is 17.9 Å². The molecule has 0 aromatic heterocycles. The fraction of sp³-hybridized carbons (Fsp3) is 0.500. The maximum absolute atomic E-state index is 12.7. The Morgan fingerprint density at radius 2 is 2.19 bits per heavy atom. The maximum Gasteiger partial charge on any atom is 0.256 e. The van der Waals surface area contributed by atoms with Crippen LogP contribution in [0.2, 0.25) is 0 Å². The van der Waals surface area contributed by atoms with Gasteiger partial charge in [-0.25, -0.2) is 8.42 Å². The van der Waals surface area contributed by atoms with Crippen molar-refractivity contribution in [3.8, 4) is 5.75 Å². The molecule has 1 unspecified atom stereocenters. The summed E-state index contributed by atoms with van der Waals surface area (Å²) in [6.07, 6.45) is 0.478. The number of nitrogens with zero attached hydrogens (tertiary/aromatic N) is 1. The van der Waals surface area contributed by atoms with E-state index in [4.69, 9.17) is 10.5 Å². The molecule has 1 aliphatic rings. The van der Waals surface area contributed by atoms with Gasteiger partial charge in [0.15, 0.2) is 9.84 Å². The Hall–Kier alpha value is -1.76. The number of methoxy groups -OCH3 is 1. The lowest BCUT2D eigenvalue weighted by atomic mass is 10.1. The number of benzene rings is 1. The summed E-state index contributed by atoms with van der Waals surface area (Å²) in [5.41, 5.74) is 6.58. The lowest BCUT2D eigenvalue weighted by molar-refractivity contribution is 0.0709. The van der Waals surface area contributed by atoms with Crippen LogP contribution in [0.5, 0.6) is 5.75 Å². The first-order valence-electron chi connectivity index (χ1n) is 6.83. The number of nitrogen functional groups attached to an aromatic ring is 1. The van der Waals surface area contributed by atoms with E-state index in [1.54, 1.807) is 23.1 Å². The fourth-order valence-corrected chi connectivity index (χ4v) is 4.32. The summed E-state index contributed by atoms with van der Waals surface area (Å²) in [6, 6.07) is 4.61. The first-order valence-corrected chi connectivity index (χ1v) is 8.65. The standard InChI is InChI=1S/C14H20N2O4S/c1-3-16(10-6-7-21(18,19)9-10)14(17)12-8-11(20-2)4-5-13(12)15/h4-5,8,10H,3,6-7,9,15H2,1-2H3. The predicted molar refractivity (Wildman–Crippen MR) is 81.2 cm³/mol. The number of carbonyl (C=O) groups excluding carboxylic acids is 1. The highest BCUT2D eigenvalue weighted by Crippen LogP contribution is 2.24. The third kappa shape index (κ3) is 3.29. The molecule has 7 heteroatoms. The number of sulfone groups is 1. The Morgan fingerprint density at radius 1 is 1.48 bits per heavy atom. The van der Waals surface area contributed by atoms with Crippen molar-refractivity contribution in [1.82, 2.24) is 4.90 Å². The van der Waals surface area contributed by atoms with Gasteiger partial charge in [0, 0.05) is 18.3 Å². The molecule has 0 bridgehead atoms. The molecule has 6 nitrogen and oxygen atoms in total. The minimum Gasteiger partial charge on any atom is -0.497 e. The molecular formula is C14H20N2O4S. The average molecular weight is 312 g/mol. The number of ether oxygens (including phenoxy) is 1. The van der Waals surface area contributed by atoms with Gasteiger partial charge in [-0.2, -0.15) is 0 Å². The second-order valence-electron chi connectivity index (χ2n) is 5.10. The third-order valence-corrected chi connectivity index (χ3v) is 5.49. The van der Waals surface area contributed by atoms with Gasteiger partial charge in [-0.1, -0.05) is 0 Å². The van der Waals surface area contributed by atoms with E-state index in [9.17, 15) is 13.2 Å². The number of hydrogen-bond donors (Lipinski definition) is 1. The summed E-state index contributed by atoms with van der Waals surface area (Å²) in [5, 5.41) is 0. The molecule has 1 heterocycles. The molecule has 0 radical (unpaired) electrons. The largest absolute Gasteiger partial charge is 0.497 e. The van der Waals surface area contributed by atoms with Gasteiger partial charge in [-0.05, 0) is 31.5 Å². The Morgan fingerprint density at radius 3 is 2.71 bits per heavy atom. The van der Waals surface area contributed by atoms with Crippen LogP contribution in [0.25, 0.3) is 0 Å². The van der Waals surface area contributed by atoms with Crippen molar-refractivity contribution in [1.29, 1.82) is 0 Å². The minimum atomic E-state index is -3.04. The molecule has 1 amide bonds. The maximum atomic E-state index is 12.7. The van der Waals surface area contributed by atoms with E-state index in [0.717, 1.165) is 0 Å². The second-order valence-corrected chi connectivity index (χ2v) is 7.33. The van der Waals surface area contributed by atoms with Crippen LogP contribution in [-0.2, 0) is 9.84 Å². The van der Waals surface area contributed by atoms with Gasteiger partial charge in [0.2, 0.25) is 0 Å². The summed E-state index contributed by atoms with van der Waals surface area (Å²) < 4.78 is 28.3. The Kier molecular flexibility index (Phi) is 4.41. The molecule has 2 rings (SSSR count). The first-order chi connectivity index (χ1) is 9.88. The van der Waals surface area contributed by atoms with Gasteiger partial charge in [-0.3, -0.25) is 4.79 Å². The summed E-state index contributed by atoms with van der Waals surface area (Å²) in [4.78, 5) is 14.2. The van der Waals surface area contributed by atoms with Crippen molar-refractivity contribution in [3.05, 3.63) is 23.8 Å². The number of nitrogens with two attached hydrogens (primary N) is 1. The molecule has 1 aromatic rings. The fourth-order valence-electron chi connectivity index (χ4n) is 2.59. The van der Waals surface area contributed by atoms with E-state index >= 15 is 0 Å². The van der Waals surface area contributed by atoms with Crippen LogP contribution < -0.4 is 10.5 Å². The topological polar surface area (TPSA) is 89.7 Å². The van der Waals surface area contributed by atoms with E-state index < -0.39 is 9.84 Å². The monoisotopic (exact) mass is 312 g/mol. The normalized spacial score (nSPS) is 20.2. The quantitative estimate of drug-likeness (QED) is 0.835. The van der Waals surface area contributed by atoms with Gasteiger partial charge in [0.25, 0.3) is 5.91 Å². The number of anilines is 1. The van der Waals surface area contributed by atoms with Crippen molar-refractivity contribution in [2.24, 2.45) is 0 Å². The summed E-state index contributed by atoms with van der Waals surface area (Å²) in [6.45, 7) is 2.27. The molecule has 1 aromatic carbocycles. The van der Waals surface area contributed by atoms with E-state index in [0.29, 0.717) is 30.0 Å². The van der Waals surface area contributed by atoms with Crippen LogP contribution in [-0.4, -0.2) is 50.4 Å². The number of carbonyl (C=O) groups is 1. The highest BCUT2D eigenvalue weighted by Gasteiger charge is 2.34. The molecule has 0 aliphatic carbocycles. The lowest BCUT2D eigenvalue weighted by Gasteiger charge is -2.27. The van der Waals surface area contributed by atoms with Gasteiger partial charge in [0.1, 0.15) is 5.75 Å². The predicted octanol–water partition coefficient (Wildman–Crippen LogP) is 0.927. The number of rotatable bonds is 4. The van der Waals surface area contributed by atoms with Crippen molar-refractivity contribution in [2.45, 2.75) is 19.4 Å². The molecule has 1 saturated heterocycles. The van der Waals surface area contributed by atoms with Crippen molar-refractivity contribution in [3.63, 3.8) is 0 Å². The van der Waals surface area contributed by atoms with Crippen LogP contribution in [0.15, 0.2) is 18.2 Å². The van der Waals surface area contributed by atoms with Crippen LogP contribution in [0, 0.1) is 0 Å². The lowest BCUT2D eigenvalue weighted by Crippen LogP contribution is -2.41.